The molecule has 3 rings (SSSR count). The number of carboxylic acid groups (broad SMARTS) is 1. The topological polar surface area (TPSA) is 89.9 Å². The lowest BCUT2D eigenvalue weighted by Gasteiger charge is -2.26. The second-order valence-corrected chi connectivity index (χ2v) is 10.2. The Balaban J connectivity index is 1.67. The van der Waals surface area contributed by atoms with Crippen LogP contribution in [0.25, 0.3) is 0 Å². The van der Waals surface area contributed by atoms with Gasteiger partial charge in [-0.3, -0.25) is 9.59 Å². The SMILES string of the molecule is CC(C)c1ccc(N[C@H]2CC[C@@H](C(=O)N(CC(=O)O)Cc3ccc(Br)cc3F)CC[C@@H]2O)cc1. The number of carbonyl (C=O) groups is 2. The second kappa shape index (κ2) is 11.8. The summed E-state index contributed by atoms with van der Waals surface area (Å²) < 4.78 is 14.9. The summed E-state index contributed by atoms with van der Waals surface area (Å²) in [7, 11) is 0. The van der Waals surface area contributed by atoms with E-state index in [4.69, 9.17) is 0 Å². The molecular formula is C26H32BrFN2O4. The summed E-state index contributed by atoms with van der Waals surface area (Å²) in [6.07, 6.45) is 1.32. The number of aliphatic carboxylic acids is 1. The van der Waals surface area contributed by atoms with Crippen LogP contribution in [0.3, 0.4) is 0 Å². The molecule has 0 heterocycles. The van der Waals surface area contributed by atoms with Crippen LogP contribution in [0.5, 0.6) is 0 Å². The highest BCUT2D eigenvalue weighted by atomic mass is 79.9. The molecule has 1 saturated carbocycles. The van der Waals surface area contributed by atoms with Crippen molar-refractivity contribution < 1.29 is 24.2 Å². The normalized spacial score (nSPS) is 20.6. The van der Waals surface area contributed by atoms with Gasteiger partial charge in [-0.25, -0.2) is 4.39 Å². The Kier molecular flexibility index (Phi) is 9.08. The van der Waals surface area contributed by atoms with Crippen LogP contribution in [0.2, 0.25) is 0 Å². The van der Waals surface area contributed by atoms with E-state index < -0.39 is 30.4 Å². The largest absolute Gasteiger partial charge is 0.480 e. The van der Waals surface area contributed by atoms with Crippen LogP contribution in [0.4, 0.5) is 10.1 Å². The van der Waals surface area contributed by atoms with Crippen molar-refractivity contribution in [3.05, 3.63) is 63.9 Å². The van der Waals surface area contributed by atoms with E-state index in [1.165, 1.54) is 16.5 Å². The number of nitrogens with zero attached hydrogens (tertiary/aromatic N) is 1. The van der Waals surface area contributed by atoms with Crippen LogP contribution in [-0.4, -0.2) is 45.7 Å². The van der Waals surface area contributed by atoms with E-state index in [9.17, 15) is 24.2 Å². The molecule has 2 aromatic rings. The minimum atomic E-state index is -1.15. The molecule has 0 saturated heterocycles. The molecule has 1 amide bonds. The smallest absolute Gasteiger partial charge is 0.323 e. The number of aliphatic hydroxyl groups is 1. The molecule has 2 aromatic carbocycles. The Labute approximate surface area is 208 Å². The summed E-state index contributed by atoms with van der Waals surface area (Å²) in [4.78, 5) is 25.9. The van der Waals surface area contributed by atoms with E-state index in [1.54, 1.807) is 12.1 Å². The molecule has 34 heavy (non-hydrogen) atoms. The van der Waals surface area contributed by atoms with Crippen LogP contribution in [0.15, 0.2) is 46.9 Å². The predicted molar refractivity (Wildman–Crippen MR) is 133 cm³/mol. The Bertz CT molecular complexity index is 999. The number of carboxylic acids is 1. The van der Waals surface area contributed by atoms with E-state index in [-0.39, 0.29) is 24.1 Å². The molecule has 0 radical (unpaired) electrons. The molecule has 8 heteroatoms. The number of anilines is 1. The van der Waals surface area contributed by atoms with E-state index in [0.29, 0.717) is 36.1 Å². The second-order valence-electron chi connectivity index (χ2n) is 9.27. The highest BCUT2D eigenvalue weighted by molar-refractivity contribution is 9.10. The maximum Gasteiger partial charge on any atom is 0.323 e. The Morgan fingerprint density at radius 3 is 2.41 bits per heavy atom. The minimum Gasteiger partial charge on any atom is -0.480 e. The number of carbonyl (C=O) groups excluding carboxylic acids is 1. The molecule has 0 aliphatic heterocycles. The molecule has 184 valence electrons. The van der Waals surface area contributed by atoms with Crippen molar-refractivity contribution in [2.75, 3.05) is 11.9 Å². The lowest BCUT2D eigenvalue weighted by atomic mass is 9.98. The van der Waals surface area contributed by atoms with E-state index in [2.05, 4.69) is 47.2 Å². The molecule has 6 nitrogen and oxygen atoms in total. The Morgan fingerprint density at radius 1 is 1.12 bits per heavy atom. The highest BCUT2D eigenvalue weighted by Gasteiger charge is 2.32. The molecule has 0 spiro atoms. The van der Waals surface area contributed by atoms with Crippen molar-refractivity contribution in [2.24, 2.45) is 5.92 Å². The average molecular weight is 535 g/mol. The Hall–Kier alpha value is -2.45. The molecule has 1 aliphatic carbocycles. The summed E-state index contributed by atoms with van der Waals surface area (Å²) in [6.45, 7) is 3.64. The maximum atomic E-state index is 14.3. The number of hydrogen-bond acceptors (Lipinski definition) is 4. The fraction of sp³-hybridized carbons (Fsp3) is 0.462. The van der Waals surface area contributed by atoms with Gasteiger partial charge in [-0.05, 0) is 61.4 Å². The van der Waals surface area contributed by atoms with Gasteiger partial charge >= 0.3 is 5.97 Å². The van der Waals surface area contributed by atoms with Crippen molar-refractivity contribution in [3.63, 3.8) is 0 Å². The van der Waals surface area contributed by atoms with Crippen LogP contribution in [0, 0.1) is 11.7 Å². The Morgan fingerprint density at radius 2 is 1.79 bits per heavy atom. The van der Waals surface area contributed by atoms with Crippen molar-refractivity contribution in [1.82, 2.24) is 4.90 Å². The lowest BCUT2D eigenvalue weighted by Crippen LogP contribution is -2.39. The van der Waals surface area contributed by atoms with Gasteiger partial charge in [-0.2, -0.15) is 0 Å². The molecule has 1 aliphatic rings. The van der Waals surface area contributed by atoms with Crippen molar-refractivity contribution >= 4 is 33.5 Å². The quantitative estimate of drug-likeness (QED) is 0.407. The first kappa shape index (κ1) is 26.2. The van der Waals surface area contributed by atoms with Crippen molar-refractivity contribution in [1.29, 1.82) is 0 Å². The van der Waals surface area contributed by atoms with E-state index >= 15 is 0 Å². The van der Waals surface area contributed by atoms with Gasteiger partial charge in [0.25, 0.3) is 0 Å². The predicted octanol–water partition coefficient (Wildman–Crippen LogP) is 5.16. The molecule has 1 fully saturated rings. The fourth-order valence-corrected chi connectivity index (χ4v) is 4.71. The number of halogens is 2. The third-order valence-electron chi connectivity index (χ3n) is 6.39. The maximum absolute atomic E-state index is 14.3. The molecule has 3 N–H and O–H groups in total. The number of aliphatic hydroxyl groups excluding tert-OH is 1. The molecular weight excluding hydrogens is 503 g/mol. The van der Waals surface area contributed by atoms with E-state index in [0.717, 1.165) is 5.69 Å². The van der Waals surface area contributed by atoms with Crippen molar-refractivity contribution in [2.45, 2.75) is 64.1 Å². The zero-order chi connectivity index (χ0) is 24.8. The van der Waals surface area contributed by atoms with E-state index in [1.807, 2.05) is 12.1 Å². The first-order chi connectivity index (χ1) is 16.1. The molecule has 0 unspecified atom stereocenters. The van der Waals surface area contributed by atoms with Gasteiger partial charge in [0.15, 0.2) is 0 Å². The van der Waals surface area contributed by atoms with Crippen LogP contribution in [-0.2, 0) is 16.1 Å². The molecule has 0 bridgehead atoms. The van der Waals surface area contributed by atoms with Gasteiger partial charge < -0.3 is 20.4 Å². The zero-order valence-corrected chi connectivity index (χ0v) is 21.1. The van der Waals surface area contributed by atoms with Gasteiger partial charge in [-0.15, -0.1) is 0 Å². The summed E-state index contributed by atoms with van der Waals surface area (Å²) in [6, 6.07) is 12.4. The fourth-order valence-electron chi connectivity index (χ4n) is 4.37. The number of benzene rings is 2. The van der Waals surface area contributed by atoms with Gasteiger partial charge in [-0.1, -0.05) is 48.0 Å². The summed E-state index contributed by atoms with van der Waals surface area (Å²) in [5.41, 5.74) is 2.41. The molecule has 0 aromatic heterocycles. The first-order valence-electron chi connectivity index (χ1n) is 11.6. The van der Waals surface area contributed by atoms with Crippen LogP contribution >= 0.6 is 15.9 Å². The summed E-state index contributed by atoms with van der Waals surface area (Å²) in [5.74, 6) is -1.96. The molecule has 3 atom stereocenters. The van der Waals surface area contributed by atoms with Crippen molar-refractivity contribution in [3.8, 4) is 0 Å². The average Bonchev–Trinajstić information content (AvgIpc) is 2.96. The number of amides is 1. The minimum absolute atomic E-state index is 0.118. The van der Waals surface area contributed by atoms with Gasteiger partial charge in [0, 0.05) is 28.2 Å². The third kappa shape index (κ3) is 7.03. The number of rotatable bonds is 8. The van der Waals surface area contributed by atoms with Gasteiger partial charge in [0.1, 0.15) is 12.4 Å². The monoisotopic (exact) mass is 534 g/mol. The van der Waals surface area contributed by atoms with Gasteiger partial charge in [0.2, 0.25) is 5.91 Å². The standard InChI is InChI=1S/C26H32BrFN2O4/c1-16(2)17-4-9-21(10-5-17)29-23-11-6-18(7-12-24(23)31)26(34)30(15-25(32)33)14-19-3-8-20(27)13-22(19)28/h3-5,8-10,13,16,18,23-24,29,31H,6-7,11-12,14-15H2,1-2H3,(H,32,33)/t18-,23+,24+/m1/s1. The highest BCUT2D eigenvalue weighted by Crippen LogP contribution is 2.29. The lowest BCUT2D eigenvalue weighted by molar-refractivity contribution is -0.147. The number of nitrogens with one attached hydrogen (secondary N) is 1. The number of hydrogen-bond donors (Lipinski definition) is 3. The third-order valence-corrected chi connectivity index (χ3v) is 6.89. The first-order valence-corrected chi connectivity index (χ1v) is 12.4. The summed E-state index contributed by atoms with van der Waals surface area (Å²) >= 11 is 3.20. The zero-order valence-electron chi connectivity index (χ0n) is 19.5. The van der Waals surface area contributed by atoms with Crippen LogP contribution < -0.4 is 5.32 Å². The van der Waals surface area contributed by atoms with Gasteiger partial charge in [0.05, 0.1) is 12.1 Å². The summed E-state index contributed by atoms with van der Waals surface area (Å²) in [5, 5.41) is 23.4. The van der Waals surface area contributed by atoms with Crippen LogP contribution in [0.1, 0.15) is 56.6 Å².